The van der Waals surface area contributed by atoms with Crippen LogP contribution in [0.3, 0.4) is 0 Å². The Morgan fingerprint density at radius 3 is 2.69 bits per heavy atom. The highest BCUT2D eigenvalue weighted by Crippen LogP contribution is 2.36. The Balaban J connectivity index is 1.94. The molecule has 4 nitrogen and oxygen atoms in total. The largest absolute Gasteiger partial charge is 0.495 e. The maximum absolute atomic E-state index is 12.4. The third kappa shape index (κ3) is 3.99. The summed E-state index contributed by atoms with van der Waals surface area (Å²) < 4.78 is 47.1. The highest BCUT2D eigenvalue weighted by molar-refractivity contribution is 6.37. The summed E-state index contributed by atoms with van der Waals surface area (Å²) >= 11 is 12.4. The van der Waals surface area contributed by atoms with Gasteiger partial charge < -0.3 is 14.5 Å². The second kappa shape index (κ2) is 7.25. The van der Waals surface area contributed by atoms with Gasteiger partial charge in [-0.25, -0.2) is 4.98 Å². The lowest BCUT2D eigenvalue weighted by atomic mass is 10.0. The molecule has 0 atom stereocenters. The summed E-state index contributed by atoms with van der Waals surface area (Å²) in [6, 6.07) is 4.59. The number of rotatable bonds is 5. The van der Waals surface area contributed by atoms with Crippen molar-refractivity contribution < 1.29 is 22.6 Å². The molecule has 138 valence electrons. The fourth-order valence-corrected chi connectivity index (χ4v) is 3.06. The number of fused-ring (bicyclic) bond motifs is 1. The fourth-order valence-electron chi connectivity index (χ4n) is 2.50. The van der Waals surface area contributed by atoms with Crippen molar-refractivity contribution in [2.24, 2.45) is 0 Å². The van der Waals surface area contributed by atoms with E-state index in [1.807, 2.05) is 0 Å². The molecular formula is C17H13Cl2F3N2O2. The van der Waals surface area contributed by atoms with Crippen molar-refractivity contribution in [1.29, 1.82) is 0 Å². The normalized spacial score (nSPS) is 11.8. The number of nitrogens with one attached hydrogen (secondary N) is 1. The topological polar surface area (TPSA) is 47.1 Å². The first-order valence-corrected chi connectivity index (χ1v) is 8.20. The van der Waals surface area contributed by atoms with E-state index in [9.17, 15) is 13.2 Å². The van der Waals surface area contributed by atoms with Gasteiger partial charge in [-0.15, -0.1) is 0 Å². The van der Waals surface area contributed by atoms with Crippen LogP contribution >= 0.6 is 23.2 Å². The molecule has 0 radical (unpaired) electrons. The number of hydrogen-bond donors (Lipinski definition) is 1. The molecule has 0 fully saturated rings. The van der Waals surface area contributed by atoms with Crippen LogP contribution in [0.4, 0.5) is 13.2 Å². The Hall–Kier alpha value is -2.12. The average molecular weight is 405 g/mol. The van der Waals surface area contributed by atoms with Crippen molar-refractivity contribution in [3.8, 4) is 11.5 Å². The third-order valence-corrected chi connectivity index (χ3v) is 4.51. The number of hydrogen-bond acceptors (Lipinski definition) is 3. The number of aromatic amines is 1. The van der Waals surface area contributed by atoms with Crippen LogP contribution in [-0.2, 0) is 6.42 Å². The number of pyridine rings is 1. The predicted molar refractivity (Wildman–Crippen MR) is 93.5 cm³/mol. The number of benzene rings is 1. The molecule has 2 heterocycles. The van der Waals surface area contributed by atoms with Crippen LogP contribution in [0.2, 0.25) is 10.0 Å². The van der Waals surface area contributed by atoms with E-state index in [2.05, 4.69) is 9.97 Å². The van der Waals surface area contributed by atoms with Gasteiger partial charge in [0.15, 0.2) is 6.61 Å². The number of aromatic nitrogens is 2. The molecule has 0 aliphatic carbocycles. The average Bonchev–Trinajstić information content (AvgIpc) is 2.99. The summed E-state index contributed by atoms with van der Waals surface area (Å²) in [5.74, 6) is 0.511. The van der Waals surface area contributed by atoms with Gasteiger partial charge in [-0.2, -0.15) is 13.2 Å². The van der Waals surface area contributed by atoms with Crippen LogP contribution in [0.1, 0.15) is 11.1 Å². The summed E-state index contributed by atoms with van der Waals surface area (Å²) in [5.41, 5.74) is 1.94. The van der Waals surface area contributed by atoms with Crippen LogP contribution < -0.4 is 9.47 Å². The van der Waals surface area contributed by atoms with E-state index in [4.69, 9.17) is 32.7 Å². The predicted octanol–water partition coefficient (Wildman–Crippen LogP) is 5.41. The summed E-state index contributed by atoms with van der Waals surface area (Å²) in [5, 5.41) is 1.18. The van der Waals surface area contributed by atoms with Gasteiger partial charge in [0.2, 0.25) is 0 Å². The number of methoxy groups -OCH3 is 1. The fraction of sp³-hybridized carbons (Fsp3) is 0.235. The van der Waals surface area contributed by atoms with Gasteiger partial charge in [-0.1, -0.05) is 23.2 Å². The van der Waals surface area contributed by atoms with Gasteiger partial charge in [0, 0.05) is 23.0 Å². The van der Waals surface area contributed by atoms with E-state index >= 15 is 0 Å². The minimum absolute atomic E-state index is 0.0481. The van der Waals surface area contributed by atoms with Crippen LogP contribution in [0, 0.1) is 0 Å². The molecule has 1 N–H and O–H groups in total. The second-order valence-electron chi connectivity index (χ2n) is 5.50. The minimum Gasteiger partial charge on any atom is -0.495 e. The number of halogens is 5. The molecule has 0 aliphatic heterocycles. The summed E-state index contributed by atoms with van der Waals surface area (Å²) in [6.45, 7) is -1.43. The first-order valence-electron chi connectivity index (χ1n) is 7.45. The maximum atomic E-state index is 12.4. The molecule has 0 saturated heterocycles. The Kier molecular flexibility index (Phi) is 5.20. The van der Waals surface area contributed by atoms with Gasteiger partial charge in [0.25, 0.3) is 0 Å². The van der Waals surface area contributed by atoms with Gasteiger partial charge in [0.05, 0.1) is 18.3 Å². The zero-order valence-corrected chi connectivity index (χ0v) is 15.0. The van der Waals surface area contributed by atoms with Crippen molar-refractivity contribution in [2.45, 2.75) is 12.6 Å². The van der Waals surface area contributed by atoms with Crippen LogP contribution in [0.5, 0.6) is 11.5 Å². The molecule has 0 aliphatic rings. The summed E-state index contributed by atoms with van der Waals surface area (Å²) in [7, 11) is 1.53. The summed E-state index contributed by atoms with van der Waals surface area (Å²) in [4.78, 5) is 7.26. The monoisotopic (exact) mass is 404 g/mol. The van der Waals surface area contributed by atoms with Crippen molar-refractivity contribution >= 4 is 34.2 Å². The number of nitrogens with zero attached hydrogens (tertiary/aromatic N) is 1. The van der Waals surface area contributed by atoms with Gasteiger partial charge in [0.1, 0.15) is 17.1 Å². The second-order valence-corrected chi connectivity index (χ2v) is 6.29. The quantitative estimate of drug-likeness (QED) is 0.618. The van der Waals surface area contributed by atoms with Crippen LogP contribution in [0.25, 0.3) is 11.0 Å². The van der Waals surface area contributed by atoms with Crippen LogP contribution in [-0.4, -0.2) is 29.9 Å². The first kappa shape index (κ1) is 18.7. The number of H-pyrrole nitrogens is 1. The summed E-state index contributed by atoms with van der Waals surface area (Å²) in [6.07, 6.45) is -0.848. The van der Waals surface area contributed by atoms with Gasteiger partial charge in [-0.3, -0.25) is 0 Å². The van der Waals surface area contributed by atoms with E-state index in [1.165, 1.54) is 19.2 Å². The molecule has 3 aromatic rings. The highest BCUT2D eigenvalue weighted by atomic mass is 35.5. The molecule has 0 amide bonds. The van der Waals surface area contributed by atoms with E-state index in [0.717, 1.165) is 10.9 Å². The van der Waals surface area contributed by atoms with Crippen LogP contribution in [0.15, 0.2) is 30.6 Å². The molecule has 0 unspecified atom stereocenters. The molecule has 2 aromatic heterocycles. The Morgan fingerprint density at radius 2 is 2.00 bits per heavy atom. The maximum Gasteiger partial charge on any atom is 0.422 e. The minimum atomic E-state index is -4.46. The molecule has 3 rings (SSSR count). The highest BCUT2D eigenvalue weighted by Gasteiger charge is 2.29. The zero-order chi connectivity index (χ0) is 18.9. The van der Waals surface area contributed by atoms with Gasteiger partial charge in [-0.05, 0) is 29.3 Å². The van der Waals surface area contributed by atoms with E-state index in [0.29, 0.717) is 22.0 Å². The zero-order valence-electron chi connectivity index (χ0n) is 13.5. The van der Waals surface area contributed by atoms with Crippen molar-refractivity contribution in [3.05, 3.63) is 51.8 Å². The molecule has 0 saturated carbocycles. The third-order valence-electron chi connectivity index (χ3n) is 3.74. The van der Waals surface area contributed by atoms with Gasteiger partial charge >= 0.3 is 6.18 Å². The van der Waals surface area contributed by atoms with E-state index in [1.54, 1.807) is 18.5 Å². The lowest BCUT2D eigenvalue weighted by Crippen LogP contribution is -2.19. The van der Waals surface area contributed by atoms with E-state index in [-0.39, 0.29) is 17.2 Å². The standard InChI is InChI=1S/C17H13Cl2F3N2O2/c1-25-10-5-11-9(6-23-16(11)24-7-10)4-12-13(18)2-3-14(15(12)19)26-8-17(20,21)22/h2-3,5-7H,4,8H2,1H3,(H,23,24). The SMILES string of the molecule is COc1cnc2[nH]cc(Cc3c(Cl)ccc(OCC(F)(F)F)c3Cl)c2c1. The first-order chi connectivity index (χ1) is 12.3. The van der Waals surface area contributed by atoms with E-state index < -0.39 is 12.8 Å². The molecule has 0 spiro atoms. The number of ether oxygens (including phenoxy) is 2. The van der Waals surface area contributed by atoms with Crippen molar-refractivity contribution in [2.75, 3.05) is 13.7 Å². The smallest absolute Gasteiger partial charge is 0.422 e. The molecule has 26 heavy (non-hydrogen) atoms. The van der Waals surface area contributed by atoms with Crippen molar-refractivity contribution in [1.82, 2.24) is 9.97 Å². The Labute approximate surface area is 156 Å². The van der Waals surface area contributed by atoms with Crippen molar-refractivity contribution in [3.63, 3.8) is 0 Å². The molecule has 1 aromatic carbocycles. The Bertz CT molecular complexity index is 942. The molecular weight excluding hydrogens is 392 g/mol. The molecule has 0 bridgehead atoms. The lowest BCUT2D eigenvalue weighted by Gasteiger charge is -2.14. The molecule has 9 heteroatoms. The lowest BCUT2D eigenvalue weighted by molar-refractivity contribution is -0.153. The Morgan fingerprint density at radius 1 is 1.23 bits per heavy atom. The number of alkyl halides is 3.